The van der Waals surface area contributed by atoms with Gasteiger partial charge < -0.3 is 4.74 Å². The molecule has 6 heteroatoms. The molecule has 0 spiro atoms. The fraction of sp³-hybridized carbons (Fsp3) is 0.556. The molecule has 0 saturated carbocycles. The van der Waals surface area contributed by atoms with Gasteiger partial charge in [-0.25, -0.2) is 14.5 Å². The van der Waals surface area contributed by atoms with E-state index >= 15 is 0 Å². The van der Waals surface area contributed by atoms with Crippen molar-refractivity contribution in [2.75, 3.05) is 6.61 Å². The van der Waals surface area contributed by atoms with E-state index in [-0.39, 0.29) is 12.5 Å². The summed E-state index contributed by atoms with van der Waals surface area (Å²) in [5, 5.41) is 4.23. The van der Waals surface area contributed by atoms with Crippen molar-refractivity contribution in [1.82, 2.24) is 0 Å². The smallest absolute Gasteiger partial charge is 0.432 e. The van der Waals surface area contributed by atoms with Gasteiger partial charge in [0.1, 0.15) is 0 Å². The summed E-state index contributed by atoms with van der Waals surface area (Å²) in [7, 11) is 0. The molecule has 0 saturated heterocycles. The Morgan fingerprint density at radius 2 is 1.88 bits per heavy atom. The maximum Gasteiger partial charge on any atom is 0.543 e. The van der Waals surface area contributed by atoms with Gasteiger partial charge in [-0.1, -0.05) is 50.8 Å². The Bertz CT molecular complexity index is 540. The lowest BCUT2D eigenvalue weighted by atomic mass is 10.0. The number of hydrogen-bond donors (Lipinski definition) is 0. The number of ether oxygens (including phenoxy) is 1. The van der Waals surface area contributed by atoms with E-state index in [1.807, 2.05) is 19.9 Å². The molecule has 0 aliphatic carbocycles. The van der Waals surface area contributed by atoms with E-state index in [1.54, 1.807) is 19.1 Å². The van der Waals surface area contributed by atoms with Gasteiger partial charge in [-0.15, -0.1) is 0 Å². The SMILES string of the molecule is CCCCC(CC)COC(=O)OOOC(=O)c1cc(C)ccc1C. The van der Waals surface area contributed by atoms with E-state index in [0.717, 1.165) is 36.8 Å². The van der Waals surface area contributed by atoms with Gasteiger partial charge in [-0.3, -0.25) is 4.89 Å². The number of carbonyl (C=O) groups excluding carboxylic acids is 2. The van der Waals surface area contributed by atoms with Crippen LogP contribution in [0.3, 0.4) is 0 Å². The molecule has 6 nitrogen and oxygen atoms in total. The molecule has 0 radical (unpaired) electrons. The summed E-state index contributed by atoms with van der Waals surface area (Å²) in [5.74, 6) is -0.451. The highest BCUT2D eigenvalue weighted by atomic mass is 17.5. The largest absolute Gasteiger partial charge is 0.543 e. The average molecular weight is 338 g/mol. The van der Waals surface area contributed by atoms with Crippen molar-refractivity contribution in [3.63, 3.8) is 0 Å². The molecule has 1 unspecified atom stereocenters. The second-order valence-corrected chi connectivity index (χ2v) is 5.82. The van der Waals surface area contributed by atoms with Crippen molar-refractivity contribution in [1.29, 1.82) is 0 Å². The Morgan fingerprint density at radius 3 is 2.54 bits per heavy atom. The van der Waals surface area contributed by atoms with Gasteiger partial charge in [0.2, 0.25) is 0 Å². The van der Waals surface area contributed by atoms with Crippen LogP contribution in [0.1, 0.15) is 61.0 Å². The van der Waals surface area contributed by atoms with E-state index in [1.165, 1.54) is 0 Å². The predicted molar refractivity (Wildman–Crippen MR) is 88.2 cm³/mol. The van der Waals surface area contributed by atoms with E-state index in [2.05, 4.69) is 21.7 Å². The topological polar surface area (TPSA) is 71.1 Å². The molecular formula is C18H26O6. The molecule has 0 aliphatic rings. The minimum atomic E-state index is -1.03. The van der Waals surface area contributed by atoms with E-state index in [0.29, 0.717) is 5.56 Å². The Morgan fingerprint density at radius 1 is 1.12 bits per heavy atom. The molecule has 1 atom stereocenters. The molecule has 0 aliphatic heterocycles. The first-order chi connectivity index (χ1) is 11.5. The zero-order chi connectivity index (χ0) is 17.9. The molecule has 1 aromatic rings. The van der Waals surface area contributed by atoms with Gasteiger partial charge >= 0.3 is 12.1 Å². The minimum Gasteiger partial charge on any atom is -0.432 e. The van der Waals surface area contributed by atoms with Crippen molar-refractivity contribution in [2.45, 2.75) is 53.4 Å². The molecule has 24 heavy (non-hydrogen) atoms. The van der Waals surface area contributed by atoms with Crippen LogP contribution in [0.5, 0.6) is 0 Å². The van der Waals surface area contributed by atoms with Crippen molar-refractivity contribution in [2.24, 2.45) is 5.92 Å². The maximum absolute atomic E-state index is 11.9. The highest BCUT2D eigenvalue weighted by Crippen LogP contribution is 2.14. The third kappa shape index (κ3) is 7.00. The van der Waals surface area contributed by atoms with Gasteiger partial charge in [0, 0.05) is 0 Å². The summed E-state index contributed by atoms with van der Waals surface area (Å²) in [5.41, 5.74) is 1.99. The molecule has 1 rings (SSSR count). The number of unbranched alkanes of at least 4 members (excludes halogenated alkanes) is 1. The van der Waals surface area contributed by atoms with Gasteiger partial charge in [0.25, 0.3) is 0 Å². The zero-order valence-electron chi connectivity index (χ0n) is 14.8. The Hall–Kier alpha value is -2.08. The van der Waals surface area contributed by atoms with Crippen LogP contribution in [0.25, 0.3) is 0 Å². The number of hydrogen-bond acceptors (Lipinski definition) is 6. The lowest BCUT2D eigenvalue weighted by Crippen LogP contribution is -2.16. The van der Waals surface area contributed by atoms with Crippen LogP contribution < -0.4 is 0 Å². The molecule has 0 aromatic heterocycles. The summed E-state index contributed by atoms with van der Waals surface area (Å²) < 4.78 is 4.95. The summed E-state index contributed by atoms with van der Waals surface area (Å²) >= 11 is 0. The van der Waals surface area contributed by atoms with Crippen LogP contribution in [-0.4, -0.2) is 18.7 Å². The lowest BCUT2D eigenvalue weighted by Gasteiger charge is -2.13. The Kier molecular flexibility index (Phi) is 8.86. The minimum absolute atomic E-state index is 0.254. The molecule has 134 valence electrons. The second-order valence-electron chi connectivity index (χ2n) is 5.82. The van der Waals surface area contributed by atoms with Gasteiger partial charge in [-0.05, 0) is 37.8 Å². The van der Waals surface area contributed by atoms with Crippen LogP contribution in [-0.2, 0) is 19.6 Å². The quantitative estimate of drug-likeness (QED) is 0.370. The van der Waals surface area contributed by atoms with Crippen LogP contribution >= 0.6 is 0 Å². The number of benzene rings is 1. The fourth-order valence-corrected chi connectivity index (χ4v) is 2.18. The molecular weight excluding hydrogens is 312 g/mol. The zero-order valence-corrected chi connectivity index (χ0v) is 14.8. The summed E-state index contributed by atoms with van der Waals surface area (Å²) in [4.78, 5) is 32.0. The van der Waals surface area contributed by atoms with Crippen molar-refractivity contribution in [3.05, 3.63) is 34.9 Å². The first-order valence-electron chi connectivity index (χ1n) is 8.27. The highest BCUT2D eigenvalue weighted by Gasteiger charge is 2.16. The number of carbonyl (C=O) groups is 2. The standard InChI is InChI=1S/C18H26O6/c1-5-7-8-15(6-2)12-21-18(20)23-24-22-17(19)16-11-13(3)9-10-14(16)4/h9-11,15H,5-8,12H2,1-4H3. The molecule has 0 heterocycles. The van der Waals surface area contributed by atoms with Gasteiger partial charge in [-0.2, -0.15) is 0 Å². The average Bonchev–Trinajstić information content (AvgIpc) is 2.57. The first kappa shape index (κ1) is 20.0. The van der Waals surface area contributed by atoms with Crippen LogP contribution in [0.15, 0.2) is 18.2 Å². The molecule has 0 N–H and O–H groups in total. The molecule has 1 aromatic carbocycles. The number of aryl methyl sites for hydroxylation is 2. The van der Waals surface area contributed by atoms with Crippen molar-refractivity contribution in [3.8, 4) is 0 Å². The molecule has 0 amide bonds. The van der Waals surface area contributed by atoms with Gasteiger partial charge in [0.05, 0.1) is 17.2 Å². The van der Waals surface area contributed by atoms with Crippen LogP contribution in [0.4, 0.5) is 4.79 Å². The summed E-state index contributed by atoms with van der Waals surface area (Å²) in [6, 6.07) is 5.34. The van der Waals surface area contributed by atoms with Gasteiger partial charge in [0.15, 0.2) is 0 Å². The van der Waals surface area contributed by atoms with E-state index < -0.39 is 12.1 Å². The normalized spacial score (nSPS) is 11.7. The van der Waals surface area contributed by atoms with E-state index in [9.17, 15) is 9.59 Å². The number of rotatable bonds is 9. The third-order valence-electron chi connectivity index (χ3n) is 3.80. The lowest BCUT2D eigenvalue weighted by molar-refractivity contribution is -0.452. The third-order valence-corrected chi connectivity index (χ3v) is 3.80. The second kappa shape index (κ2) is 10.6. The Balaban J connectivity index is 2.32. The monoisotopic (exact) mass is 338 g/mol. The maximum atomic E-state index is 11.9. The fourth-order valence-electron chi connectivity index (χ4n) is 2.18. The summed E-state index contributed by atoms with van der Waals surface area (Å²) in [6.07, 6.45) is 3.05. The summed E-state index contributed by atoms with van der Waals surface area (Å²) in [6.45, 7) is 8.03. The van der Waals surface area contributed by atoms with Crippen LogP contribution in [0, 0.1) is 19.8 Å². The van der Waals surface area contributed by atoms with Crippen molar-refractivity contribution >= 4 is 12.1 Å². The first-order valence-corrected chi connectivity index (χ1v) is 8.27. The molecule has 0 fully saturated rings. The van der Waals surface area contributed by atoms with E-state index in [4.69, 9.17) is 4.74 Å². The Labute approximate surface area is 142 Å². The van der Waals surface area contributed by atoms with Crippen LogP contribution in [0.2, 0.25) is 0 Å². The molecule has 0 bridgehead atoms. The highest BCUT2D eigenvalue weighted by molar-refractivity contribution is 5.90. The predicted octanol–water partition coefficient (Wildman–Crippen LogP) is 4.68. The van der Waals surface area contributed by atoms with Crippen molar-refractivity contribution < 1.29 is 29.1 Å².